The Morgan fingerprint density at radius 1 is 1.41 bits per heavy atom. The Morgan fingerprint density at radius 3 is 2.47 bits per heavy atom. The lowest BCUT2D eigenvalue weighted by atomic mass is 10.2. The highest BCUT2D eigenvalue weighted by Crippen LogP contribution is 2.27. The SMILES string of the molecule is O=C(/C=C(\OB(F)F)C(F)(F)F)c1ccco1. The van der Waals surface area contributed by atoms with Crippen LogP contribution in [-0.2, 0) is 4.65 Å². The van der Waals surface area contributed by atoms with Gasteiger partial charge in [0.2, 0.25) is 5.78 Å². The van der Waals surface area contributed by atoms with E-state index in [1.165, 1.54) is 6.07 Å². The van der Waals surface area contributed by atoms with Crippen LogP contribution in [-0.4, -0.2) is 19.4 Å². The number of rotatable bonds is 4. The molecule has 0 fully saturated rings. The average Bonchev–Trinajstić information content (AvgIpc) is 2.66. The first kappa shape index (κ1) is 13.3. The van der Waals surface area contributed by atoms with Crippen molar-refractivity contribution >= 4 is 13.3 Å². The van der Waals surface area contributed by atoms with Gasteiger partial charge in [-0.05, 0) is 12.1 Å². The number of halogens is 5. The Morgan fingerprint density at radius 2 is 2.06 bits per heavy atom. The number of allylic oxidation sites excluding steroid dienone is 2. The van der Waals surface area contributed by atoms with Gasteiger partial charge in [-0.1, -0.05) is 0 Å². The summed E-state index contributed by atoms with van der Waals surface area (Å²) in [6.45, 7) is 0. The van der Waals surface area contributed by atoms with Gasteiger partial charge in [0, 0.05) is 6.08 Å². The lowest BCUT2D eigenvalue weighted by Crippen LogP contribution is -2.20. The van der Waals surface area contributed by atoms with E-state index >= 15 is 0 Å². The van der Waals surface area contributed by atoms with Crippen molar-refractivity contribution in [2.75, 3.05) is 0 Å². The summed E-state index contributed by atoms with van der Waals surface area (Å²) in [5, 5.41) is 0. The number of carbonyl (C=O) groups excluding carboxylic acids is 1. The molecule has 0 aliphatic carbocycles. The van der Waals surface area contributed by atoms with E-state index in [9.17, 15) is 26.6 Å². The minimum Gasteiger partial charge on any atom is -0.501 e. The zero-order valence-electron chi connectivity index (χ0n) is 8.00. The third-order valence-corrected chi connectivity index (χ3v) is 1.52. The Balaban J connectivity index is 2.94. The minimum atomic E-state index is -5.18. The zero-order chi connectivity index (χ0) is 13.1. The number of hydrogen-bond acceptors (Lipinski definition) is 3. The molecule has 0 unspecified atom stereocenters. The maximum atomic E-state index is 12.2. The van der Waals surface area contributed by atoms with Crippen LogP contribution < -0.4 is 0 Å². The smallest absolute Gasteiger partial charge is 0.501 e. The van der Waals surface area contributed by atoms with Crippen LogP contribution in [0.15, 0.2) is 34.6 Å². The average molecular weight is 254 g/mol. The summed E-state index contributed by atoms with van der Waals surface area (Å²) in [5.41, 5.74) is 0. The summed E-state index contributed by atoms with van der Waals surface area (Å²) in [4.78, 5) is 11.1. The van der Waals surface area contributed by atoms with Crippen molar-refractivity contribution in [1.29, 1.82) is 0 Å². The third kappa shape index (κ3) is 3.93. The second-order valence-corrected chi connectivity index (χ2v) is 2.73. The highest BCUT2D eigenvalue weighted by Gasteiger charge is 2.40. The summed E-state index contributed by atoms with van der Waals surface area (Å²) in [7, 11) is -3.67. The van der Waals surface area contributed by atoms with E-state index in [0.717, 1.165) is 12.3 Å². The monoisotopic (exact) mass is 254 g/mol. The molecule has 0 aliphatic heterocycles. The fourth-order valence-corrected chi connectivity index (χ4v) is 0.888. The summed E-state index contributed by atoms with van der Waals surface area (Å²) >= 11 is 0. The van der Waals surface area contributed by atoms with Crippen LogP contribution in [0.1, 0.15) is 10.6 Å². The molecule has 9 heteroatoms. The summed E-state index contributed by atoms with van der Waals surface area (Å²) < 4.78 is 67.7. The number of carbonyl (C=O) groups is 1. The van der Waals surface area contributed by atoms with Crippen LogP contribution in [0.25, 0.3) is 0 Å². The molecule has 92 valence electrons. The molecular formula is C8H4BF5O3. The molecule has 3 nitrogen and oxygen atoms in total. The molecule has 1 rings (SSSR count). The van der Waals surface area contributed by atoms with Gasteiger partial charge in [-0.15, -0.1) is 0 Å². The van der Waals surface area contributed by atoms with E-state index < -0.39 is 30.9 Å². The van der Waals surface area contributed by atoms with Crippen LogP contribution in [0.3, 0.4) is 0 Å². The fourth-order valence-electron chi connectivity index (χ4n) is 0.888. The summed E-state index contributed by atoms with van der Waals surface area (Å²) in [6, 6.07) is 2.36. The number of ketones is 1. The summed E-state index contributed by atoms with van der Waals surface area (Å²) in [5.74, 6) is -3.71. The number of furan rings is 1. The predicted molar refractivity (Wildman–Crippen MR) is 46.2 cm³/mol. The molecule has 1 aromatic rings. The fraction of sp³-hybridized carbons (Fsp3) is 0.125. The highest BCUT2D eigenvalue weighted by molar-refractivity contribution is 6.35. The van der Waals surface area contributed by atoms with Gasteiger partial charge in [0.1, 0.15) is 0 Å². The van der Waals surface area contributed by atoms with Gasteiger partial charge in [-0.3, -0.25) is 4.79 Å². The molecule has 0 aliphatic rings. The van der Waals surface area contributed by atoms with Crippen LogP contribution in [0.4, 0.5) is 21.8 Å². The molecule has 1 heterocycles. The first-order valence-electron chi connectivity index (χ1n) is 4.12. The maximum Gasteiger partial charge on any atom is 0.796 e. The third-order valence-electron chi connectivity index (χ3n) is 1.52. The van der Waals surface area contributed by atoms with Crippen LogP contribution in [0, 0.1) is 0 Å². The molecule has 17 heavy (non-hydrogen) atoms. The highest BCUT2D eigenvalue weighted by atomic mass is 19.4. The molecule has 0 bridgehead atoms. The topological polar surface area (TPSA) is 39.4 Å². The Kier molecular flexibility index (Phi) is 3.92. The lowest BCUT2D eigenvalue weighted by molar-refractivity contribution is -0.119. The van der Waals surface area contributed by atoms with E-state index in [-0.39, 0.29) is 6.08 Å². The van der Waals surface area contributed by atoms with Gasteiger partial charge < -0.3 is 9.07 Å². The van der Waals surface area contributed by atoms with E-state index in [1.807, 2.05) is 0 Å². The van der Waals surface area contributed by atoms with Crippen molar-refractivity contribution in [2.24, 2.45) is 0 Å². The number of hydrogen-bond donors (Lipinski definition) is 0. The van der Waals surface area contributed by atoms with Crippen molar-refractivity contribution in [3.63, 3.8) is 0 Å². The molecule has 0 spiro atoms. The van der Waals surface area contributed by atoms with Gasteiger partial charge in [-0.25, -0.2) is 8.63 Å². The first-order chi connectivity index (χ1) is 7.80. The van der Waals surface area contributed by atoms with Crippen LogP contribution in [0.2, 0.25) is 0 Å². The second-order valence-electron chi connectivity index (χ2n) is 2.73. The quantitative estimate of drug-likeness (QED) is 0.272. The molecule has 0 amide bonds. The van der Waals surface area contributed by atoms with E-state index in [4.69, 9.17) is 0 Å². The van der Waals surface area contributed by atoms with Gasteiger partial charge in [0.05, 0.1) is 6.26 Å². The Labute approximate surface area is 92.1 Å². The maximum absolute atomic E-state index is 12.2. The van der Waals surface area contributed by atoms with Gasteiger partial charge >= 0.3 is 13.6 Å². The Hall–Kier alpha value is -1.80. The first-order valence-corrected chi connectivity index (χ1v) is 4.12. The molecular weight excluding hydrogens is 250 g/mol. The zero-order valence-corrected chi connectivity index (χ0v) is 8.00. The molecule has 0 N–H and O–H groups in total. The standard InChI is InChI=1S/C8H4BF5O3/c10-8(11,12)7(17-9(13)14)4-5(15)6-2-1-3-16-6/h1-4H/b7-4-. The number of alkyl halides is 3. The van der Waals surface area contributed by atoms with Crippen molar-refractivity contribution in [2.45, 2.75) is 6.18 Å². The largest absolute Gasteiger partial charge is 0.796 e. The molecule has 0 radical (unpaired) electrons. The van der Waals surface area contributed by atoms with Crippen molar-refractivity contribution in [3.8, 4) is 0 Å². The predicted octanol–water partition coefficient (Wildman–Crippen LogP) is 2.85. The summed E-state index contributed by atoms with van der Waals surface area (Å²) in [6.07, 6.45) is -4.22. The van der Waals surface area contributed by atoms with Gasteiger partial charge in [0.15, 0.2) is 11.5 Å². The molecule has 0 aromatic carbocycles. The van der Waals surface area contributed by atoms with Crippen LogP contribution in [0.5, 0.6) is 0 Å². The molecule has 0 atom stereocenters. The van der Waals surface area contributed by atoms with Gasteiger partial charge in [-0.2, -0.15) is 13.2 Å². The minimum absolute atomic E-state index is 0.0923. The Bertz CT molecular complexity index is 409. The molecule has 0 saturated carbocycles. The molecule has 1 aromatic heterocycles. The van der Waals surface area contributed by atoms with Crippen molar-refractivity contribution in [3.05, 3.63) is 36.0 Å². The van der Waals surface area contributed by atoms with Gasteiger partial charge in [0.25, 0.3) is 0 Å². The van der Waals surface area contributed by atoms with Crippen molar-refractivity contribution in [1.82, 2.24) is 0 Å². The molecule has 0 saturated heterocycles. The second kappa shape index (κ2) is 5.02. The van der Waals surface area contributed by atoms with Crippen molar-refractivity contribution < 1.29 is 35.7 Å². The van der Waals surface area contributed by atoms with E-state index in [2.05, 4.69) is 9.07 Å². The van der Waals surface area contributed by atoms with E-state index in [1.54, 1.807) is 0 Å². The normalized spacial score (nSPS) is 12.4. The van der Waals surface area contributed by atoms with Crippen LogP contribution >= 0.6 is 0 Å². The lowest BCUT2D eigenvalue weighted by Gasteiger charge is -2.10. The van der Waals surface area contributed by atoms with E-state index in [0.29, 0.717) is 0 Å².